The molecule has 4 nitrogen and oxygen atoms in total. The quantitative estimate of drug-likeness (QED) is 0.333. The van der Waals surface area contributed by atoms with Crippen LogP contribution in [0.5, 0.6) is 0 Å². The Hall–Kier alpha value is -2.76. The van der Waals surface area contributed by atoms with Crippen molar-refractivity contribution in [2.45, 2.75) is 50.2 Å². The van der Waals surface area contributed by atoms with Crippen LogP contribution >= 0.6 is 23.4 Å². The molecular formula is C28H31ClN2O2S. The molecule has 0 saturated heterocycles. The number of thioether (sulfide) groups is 1. The fourth-order valence-electron chi connectivity index (χ4n) is 3.53. The fraction of sp³-hybridized carbons (Fsp3) is 0.286. The highest BCUT2D eigenvalue weighted by Gasteiger charge is 2.30. The molecule has 3 rings (SSSR count). The monoisotopic (exact) mass is 494 g/mol. The highest BCUT2D eigenvalue weighted by Crippen LogP contribution is 2.23. The van der Waals surface area contributed by atoms with Crippen LogP contribution in [0, 0.1) is 0 Å². The predicted octanol–water partition coefficient (Wildman–Crippen LogP) is 5.99. The number of hydrogen-bond acceptors (Lipinski definition) is 3. The van der Waals surface area contributed by atoms with Gasteiger partial charge in [0.05, 0.1) is 5.75 Å². The second kappa shape index (κ2) is 13.2. The topological polar surface area (TPSA) is 49.4 Å². The molecule has 0 radical (unpaired) electrons. The van der Waals surface area contributed by atoms with Crippen molar-refractivity contribution in [1.82, 2.24) is 10.2 Å². The number of benzene rings is 3. The Morgan fingerprint density at radius 3 is 2.09 bits per heavy atom. The van der Waals surface area contributed by atoms with Crippen LogP contribution in [0.25, 0.3) is 0 Å². The van der Waals surface area contributed by atoms with E-state index in [-0.39, 0.29) is 23.6 Å². The van der Waals surface area contributed by atoms with Crippen molar-refractivity contribution in [3.63, 3.8) is 0 Å². The lowest BCUT2D eigenvalue weighted by atomic mass is 10.0. The third-order valence-electron chi connectivity index (χ3n) is 5.64. The lowest BCUT2D eigenvalue weighted by molar-refractivity contribution is -0.139. The summed E-state index contributed by atoms with van der Waals surface area (Å²) in [6.07, 6.45) is 1.27. The molecule has 0 aliphatic rings. The van der Waals surface area contributed by atoms with E-state index in [2.05, 4.69) is 5.32 Å². The molecule has 0 aromatic heterocycles. The molecule has 0 bridgehead atoms. The second-order valence-electron chi connectivity index (χ2n) is 8.27. The smallest absolute Gasteiger partial charge is 0.243 e. The maximum Gasteiger partial charge on any atom is 0.243 e. The van der Waals surface area contributed by atoms with E-state index in [4.69, 9.17) is 11.6 Å². The fourth-order valence-corrected chi connectivity index (χ4v) is 4.44. The summed E-state index contributed by atoms with van der Waals surface area (Å²) in [5.74, 6) is 0.0270. The van der Waals surface area contributed by atoms with Gasteiger partial charge in [-0.25, -0.2) is 0 Å². The van der Waals surface area contributed by atoms with E-state index in [0.29, 0.717) is 18.0 Å². The maximum atomic E-state index is 13.6. The molecule has 0 aliphatic heterocycles. The summed E-state index contributed by atoms with van der Waals surface area (Å²) in [6.45, 7) is 4.39. The number of hydrogen-bond donors (Lipinski definition) is 1. The molecule has 0 aliphatic carbocycles. The van der Waals surface area contributed by atoms with Gasteiger partial charge in [0.25, 0.3) is 0 Å². The van der Waals surface area contributed by atoms with Crippen molar-refractivity contribution in [1.29, 1.82) is 0 Å². The number of carbonyl (C=O) groups excluding carboxylic acids is 2. The molecule has 0 unspecified atom stereocenters. The SMILES string of the molecule is CC[C@H](C)NC(=O)[C@@H](Cc1ccccc1)N(Cc1ccccc1)C(=O)CSc1ccc(Cl)cc1. The molecule has 2 atom stereocenters. The van der Waals surface area contributed by atoms with Crippen molar-refractivity contribution < 1.29 is 9.59 Å². The number of halogens is 1. The Kier molecular flexibility index (Phi) is 10.0. The molecule has 0 saturated carbocycles. The molecule has 3 aromatic rings. The maximum absolute atomic E-state index is 13.6. The van der Waals surface area contributed by atoms with Crippen LogP contribution in [0.3, 0.4) is 0 Å². The molecule has 1 N–H and O–H groups in total. The van der Waals surface area contributed by atoms with Crippen LogP contribution in [-0.4, -0.2) is 34.6 Å². The predicted molar refractivity (Wildman–Crippen MR) is 141 cm³/mol. The van der Waals surface area contributed by atoms with E-state index >= 15 is 0 Å². The standard InChI is InChI=1S/C28H31ClN2O2S/c1-3-21(2)30-28(33)26(18-22-10-6-4-7-11-22)31(19-23-12-8-5-9-13-23)27(32)20-34-25-16-14-24(29)15-17-25/h4-17,21,26H,3,18-20H2,1-2H3,(H,30,33)/t21-,26+/m0/s1. The largest absolute Gasteiger partial charge is 0.352 e. The lowest BCUT2D eigenvalue weighted by Crippen LogP contribution is -2.52. The molecule has 178 valence electrons. The number of carbonyl (C=O) groups is 2. The van der Waals surface area contributed by atoms with Gasteiger partial charge in [0.2, 0.25) is 11.8 Å². The first-order valence-electron chi connectivity index (χ1n) is 11.5. The van der Waals surface area contributed by atoms with E-state index in [1.54, 1.807) is 4.90 Å². The Morgan fingerprint density at radius 1 is 0.912 bits per heavy atom. The number of rotatable bonds is 11. The van der Waals surface area contributed by atoms with Crippen molar-refractivity contribution in [3.8, 4) is 0 Å². The molecular weight excluding hydrogens is 464 g/mol. The van der Waals surface area contributed by atoms with Gasteiger partial charge in [-0.3, -0.25) is 9.59 Å². The Balaban J connectivity index is 1.88. The van der Waals surface area contributed by atoms with Gasteiger partial charge in [-0.05, 0) is 48.7 Å². The Labute approximate surface area is 211 Å². The third-order valence-corrected chi connectivity index (χ3v) is 6.89. The van der Waals surface area contributed by atoms with Crippen LogP contribution in [0.15, 0.2) is 89.8 Å². The van der Waals surface area contributed by atoms with Gasteiger partial charge in [0, 0.05) is 28.9 Å². The van der Waals surface area contributed by atoms with Crippen LogP contribution in [0.1, 0.15) is 31.4 Å². The van der Waals surface area contributed by atoms with Gasteiger partial charge < -0.3 is 10.2 Å². The summed E-state index contributed by atoms with van der Waals surface area (Å²) in [4.78, 5) is 29.7. The highest BCUT2D eigenvalue weighted by molar-refractivity contribution is 8.00. The van der Waals surface area contributed by atoms with Crippen LogP contribution in [0.2, 0.25) is 5.02 Å². The van der Waals surface area contributed by atoms with Crippen LogP contribution < -0.4 is 5.32 Å². The first kappa shape index (κ1) is 25.9. The van der Waals surface area contributed by atoms with E-state index in [1.165, 1.54) is 11.8 Å². The van der Waals surface area contributed by atoms with E-state index in [0.717, 1.165) is 22.4 Å². The summed E-state index contributed by atoms with van der Waals surface area (Å²) in [5.41, 5.74) is 2.00. The van der Waals surface area contributed by atoms with Gasteiger partial charge in [-0.2, -0.15) is 0 Å². The molecule has 34 heavy (non-hydrogen) atoms. The number of nitrogens with zero attached hydrogens (tertiary/aromatic N) is 1. The van der Waals surface area contributed by atoms with E-state index in [1.807, 2.05) is 98.8 Å². The molecule has 0 fully saturated rings. The van der Waals surface area contributed by atoms with E-state index < -0.39 is 6.04 Å². The van der Waals surface area contributed by atoms with Gasteiger partial charge >= 0.3 is 0 Å². The first-order chi connectivity index (χ1) is 16.5. The molecule has 3 aromatic carbocycles. The zero-order valence-corrected chi connectivity index (χ0v) is 21.2. The van der Waals surface area contributed by atoms with E-state index in [9.17, 15) is 9.59 Å². The van der Waals surface area contributed by atoms with Gasteiger partial charge in [0.1, 0.15) is 6.04 Å². The van der Waals surface area contributed by atoms with Crippen molar-refractivity contribution in [2.24, 2.45) is 0 Å². The molecule has 6 heteroatoms. The zero-order chi connectivity index (χ0) is 24.3. The van der Waals surface area contributed by atoms with Crippen LogP contribution in [0.4, 0.5) is 0 Å². The van der Waals surface area contributed by atoms with Gasteiger partial charge in [-0.1, -0.05) is 79.2 Å². The summed E-state index contributed by atoms with van der Waals surface area (Å²) in [5, 5.41) is 3.76. The normalized spacial score (nSPS) is 12.6. The molecule has 0 heterocycles. The molecule has 2 amide bonds. The first-order valence-corrected chi connectivity index (χ1v) is 12.9. The van der Waals surface area contributed by atoms with Crippen molar-refractivity contribution >= 4 is 35.2 Å². The minimum atomic E-state index is -0.616. The summed E-state index contributed by atoms with van der Waals surface area (Å²) in [6, 6.07) is 26.5. The van der Waals surface area contributed by atoms with Gasteiger partial charge in [-0.15, -0.1) is 11.8 Å². The average Bonchev–Trinajstić information content (AvgIpc) is 2.86. The number of nitrogens with one attached hydrogen (secondary N) is 1. The minimum absolute atomic E-state index is 0.0305. The zero-order valence-electron chi connectivity index (χ0n) is 19.6. The Morgan fingerprint density at radius 2 is 1.50 bits per heavy atom. The Bertz CT molecular complexity index is 1050. The minimum Gasteiger partial charge on any atom is -0.352 e. The average molecular weight is 495 g/mol. The van der Waals surface area contributed by atoms with Crippen molar-refractivity contribution in [3.05, 3.63) is 101 Å². The summed E-state index contributed by atoms with van der Waals surface area (Å²) in [7, 11) is 0. The molecule has 0 spiro atoms. The highest BCUT2D eigenvalue weighted by atomic mass is 35.5. The lowest BCUT2D eigenvalue weighted by Gasteiger charge is -2.32. The second-order valence-corrected chi connectivity index (χ2v) is 9.76. The van der Waals surface area contributed by atoms with Crippen molar-refractivity contribution in [2.75, 3.05) is 5.75 Å². The van der Waals surface area contributed by atoms with Gasteiger partial charge in [0.15, 0.2) is 0 Å². The summed E-state index contributed by atoms with van der Waals surface area (Å²) >= 11 is 7.44. The summed E-state index contributed by atoms with van der Waals surface area (Å²) < 4.78 is 0. The number of amides is 2. The van der Waals surface area contributed by atoms with Crippen LogP contribution in [-0.2, 0) is 22.6 Å². The third kappa shape index (κ3) is 7.93.